The van der Waals surface area contributed by atoms with E-state index in [1.165, 1.54) is 23.1 Å². The molecule has 7 heteroatoms. The van der Waals surface area contributed by atoms with Crippen molar-refractivity contribution in [3.63, 3.8) is 0 Å². The van der Waals surface area contributed by atoms with Crippen molar-refractivity contribution in [2.24, 2.45) is 5.92 Å². The lowest BCUT2D eigenvalue weighted by atomic mass is 9.97. The van der Waals surface area contributed by atoms with E-state index in [2.05, 4.69) is 0 Å². The molecule has 7 nitrogen and oxygen atoms in total. The Hall–Kier alpha value is -2.70. The SMILES string of the molecule is CC(C)CCN1C(=O)c2ccc(C(=O)OCC(=O)N3[C@H](C)CCC[C@H]3C)cc2C1=O. The van der Waals surface area contributed by atoms with E-state index in [-0.39, 0.29) is 41.6 Å². The number of fused-ring (bicyclic) bond motifs is 1. The fourth-order valence-corrected chi connectivity index (χ4v) is 4.21. The van der Waals surface area contributed by atoms with Gasteiger partial charge in [-0.2, -0.15) is 0 Å². The molecule has 1 aromatic carbocycles. The number of amides is 3. The highest BCUT2D eigenvalue weighted by Crippen LogP contribution is 2.26. The molecular formula is C23H30N2O5. The third-order valence-corrected chi connectivity index (χ3v) is 5.94. The van der Waals surface area contributed by atoms with Gasteiger partial charge >= 0.3 is 5.97 Å². The number of rotatable bonds is 6. The summed E-state index contributed by atoms with van der Waals surface area (Å²) in [5.74, 6) is -1.25. The predicted molar refractivity (Wildman–Crippen MR) is 111 cm³/mol. The van der Waals surface area contributed by atoms with Gasteiger partial charge in [0.15, 0.2) is 6.61 Å². The number of nitrogens with zero attached hydrogens (tertiary/aromatic N) is 2. The van der Waals surface area contributed by atoms with Gasteiger partial charge in [-0.1, -0.05) is 13.8 Å². The first kappa shape index (κ1) is 22.0. The van der Waals surface area contributed by atoms with Crippen LogP contribution in [0.2, 0.25) is 0 Å². The lowest BCUT2D eigenvalue weighted by Gasteiger charge is -2.38. The fraction of sp³-hybridized carbons (Fsp3) is 0.565. The van der Waals surface area contributed by atoms with Gasteiger partial charge in [-0.05, 0) is 63.6 Å². The monoisotopic (exact) mass is 414 g/mol. The van der Waals surface area contributed by atoms with E-state index in [9.17, 15) is 19.2 Å². The number of piperidine rings is 1. The van der Waals surface area contributed by atoms with Crippen LogP contribution in [0.4, 0.5) is 0 Å². The molecule has 2 aliphatic rings. The van der Waals surface area contributed by atoms with Gasteiger partial charge in [-0.15, -0.1) is 0 Å². The molecule has 1 fully saturated rings. The summed E-state index contributed by atoms with van der Waals surface area (Å²) in [5.41, 5.74) is 0.670. The number of carbonyl (C=O) groups excluding carboxylic acids is 4. The zero-order chi connectivity index (χ0) is 22.0. The topological polar surface area (TPSA) is 84.0 Å². The second-order valence-corrected chi connectivity index (χ2v) is 8.71. The lowest BCUT2D eigenvalue weighted by molar-refractivity contribution is -0.140. The van der Waals surface area contributed by atoms with Crippen molar-refractivity contribution in [1.29, 1.82) is 0 Å². The molecule has 2 heterocycles. The number of carbonyl (C=O) groups is 4. The number of ether oxygens (including phenoxy) is 1. The van der Waals surface area contributed by atoms with E-state index in [1.54, 1.807) is 4.90 Å². The second kappa shape index (κ2) is 8.98. The molecule has 0 bridgehead atoms. The van der Waals surface area contributed by atoms with Gasteiger partial charge in [0.25, 0.3) is 17.7 Å². The molecule has 2 atom stereocenters. The summed E-state index contributed by atoms with van der Waals surface area (Å²) in [6.07, 6.45) is 3.69. The molecule has 0 spiro atoms. The first-order valence-electron chi connectivity index (χ1n) is 10.7. The van der Waals surface area contributed by atoms with Crippen LogP contribution in [0.3, 0.4) is 0 Å². The normalized spacial score (nSPS) is 21.2. The van der Waals surface area contributed by atoms with Gasteiger partial charge in [-0.3, -0.25) is 19.3 Å². The van der Waals surface area contributed by atoms with Crippen molar-refractivity contribution in [1.82, 2.24) is 9.80 Å². The number of benzene rings is 1. The van der Waals surface area contributed by atoms with Crippen LogP contribution >= 0.6 is 0 Å². The highest BCUT2D eigenvalue weighted by atomic mass is 16.5. The average molecular weight is 415 g/mol. The molecule has 0 N–H and O–H groups in total. The summed E-state index contributed by atoms with van der Waals surface area (Å²) >= 11 is 0. The largest absolute Gasteiger partial charge is 0.452 e. The van der Waals surface area contributed by atoms with Crippen LogP contribution in [-0.4, -0.2) is 58.7 Å². The van der Waals surface area contributed by atoms with Crippen LogP contribution in [0.25, 0.3) is 0 Å². The molecule has 0 radical (unpaired) electrons. The van der Waals surface area contributed by atoms with E-state index >= 15 is 0 Å². The first-order chi connectivity index (χ1) is 14.2. The van der Waals surface area contributed by atoms with E-state index in [0.717, 1.165) is 25.7 Å². The Balaban J connectivity index is 1.65. The molecule has 3 rings (SSSR count). The van der Waals surface area contributed by atoms with E-state index < -0.39 is 11.9 Å². The minimum absolute atomic E-state index is 0.125. The Bertz CT molecular complexity index is 853. The minimum atomic E-state index is -0.677. The van der Waals surface area contributed by atoms with Crippen molar-refractivity contribution in [2.45, 2.75) is 65.5 Å². The zero-order valence-electron chi connectivity index (χ0n) is 18.1. The van der Waals surface area contributed by atoms with Gasteiger partial charge in [0, 0.05) is 18.6 Å². The molecule has 0 aromatic heterocycles. The third-order valence-electron chi connectivity index (χ3n) is 5.94. The lowest BCUT2D eigenvalue weighted by Crippen LogP contribution is -2.49. The molecule has 0 unspecified atom stereocenters. The van der Waals surface area contributed by atoms with Crippen molar-refractivity contribution < 1.29 is 23.9 Å². The first-order valence-corrected chi connectivity index (χ1v) is 10.7. The highest BCUT2D eigenvalue weighted by Gasteiger charge is 2.36. The second-order valence-electron chi connectivity index (χ2n) is 8.71. The Morgan fingerprint density at radius 2 is 1.70 bits per heavy atom. The number of hydrogen-bond donors (Lipinski definition) is 0. The number of imide groups is 1. The highest BCUT2D eigenvalue weighted by molar-refractivity contribution is 6.22. The van der Waals surface area contributed by atoms with Crippen LogP contribution in [0.5, 0.6) is 0 Å². The summed E-state index contributed by atoms with van der Waals surface area (Å²) in [5, 5.41) is 0. The van der Waals surface area contributed by atoms with Gasteiger partial charge in [0.2, 0.25) is 0 Å². The number of hydrogen-bond acceptors (Lipinski definition) is 5. The summed E-state index contributed by atoms with van der Waals surface area (Å²) in [6, 6.07) is 4.59. The molecule has 2 aliphatic heterocycles. The maximum absolute atomic E-state index is 12.6. The number of esters is 1. The van der Waals surface area contributed by atoms with E-state index in [1.807, 2.05) is 27.7 Å². The third kappa shape index (κ3) is 4.40. The zero-order valence-corrected chi connectivity index (χ0v) is 18.1. The van der Waals surface area contributed by atoms with Crippen LogP contribution in [-0.2, 0) is 9.53 Å². The summed E-state index contributed by atoms with van der Waals surface area (Å²) in [4.78, 5) is 53.2. The standard InChI is InChI=1S/C23H30N2O5/c1-14(2)10-11-24-21(27)18-9-8-17(12-19(18)22(24)28)23(29)30-13-20(26)25-15(3)6-5-7-16(25)4/h8-9,12,14-16H,5-7,10-11,13H2,1-4H3/t15-,16-/m1/s1. The smallest absolute Gasteiger partial charge is 0.338 e. The van der Waals surface area contributed by atoms with Gasteiger partial charge < -0.3 is 9.64 Å². The van der Waals surface area contributed by atoms with Gasteiger partial charge in [0.05, 0.1) is 16.7 Å². The Kier molecular flexibility index (Phi) is 6.58. The molecule has 0 saturated carbocycles. The summed E-state index contributed by atoms with van der Waals surface area (Å²) in [7, 11) is 0. The molecule has 0 aliphatic carbocycles. The van der Waals surface area contributed by atoms with Crippen LogP contribution in [0.1, 0.15) is 84.5 Å². The molecular weight excluding hydrogens is 384 g/mol. The maximum Gasteiger partial charge on any atom is 0.338 e. The van der Waals surface area contributed by atoms with Crippen LogP contribution in [0.15, 0.2) is 18.2 Å². The maximum atomic E-state index is 12.6. The van der Waals surface area contributed by atoms with Crippen LogP contribution < -0.4 is 0 Å². The molecule has 162 valence electrons. The quantitative estimate of drug-likeness (QED) is 0.527. The van der Waals surface area contributed by atoms with Gasteiger partial charge in [-0.25, -0.2) is 4.79 Å². The van der Waals surface area contributed by atoms with Crippen molar-refractivity contribution >= 4 is 23.7 Å². The molecule has 3 amide bonds. The molecule has 1 aromatic rings. The van der Waals surface area contributed by atoms with Crippen LogP contribution in [0, 0.1) is 5.92 Å². The predicted octanol–water partition coefficient (Wildman–Crippen LogP) is 3.28. The molecule has 1 saturated heterocycles. The summed E-state index contributed by atoms with van der Waals surface area (Å²) in [6.45, 7) is 8.08. The van der Waals surface area contributed by atoms with E-state index in [4.69, 9.17) is 4.74 Å². The van der Waals surface area contributed by atoms with Crippen molar-refractivity contribution in [3.8, 4) is 0 Å². The molecule has 30 heavy (non-hydrogen) atoms. The minimum Gasteiger partial charge on any atom is -0.452 e. The van der Waals surface area contributed by atoms with Gasteiger partial charge in [0.1, 0.15) is 0 Å². The Labute approximate surface area is 177 Å². The Morgan fingerprint density at radius 3 is 2.33 bits per heavy atom. The summed E-state index contributed by atoms with van der Waals surface area (Å²) < 4.78 is 5.23. The fourth-order valence-electron chi connectivity index (χ4n) is 4.21. The average Bonchev–Trinajstić information content (AvgIpc) is 2.94. The van der Waals surface area contributed by atoms with E-state index in [0.29, 0.717) is 18.0 Å². The Morgan fingerprint density at radius 1 is 1.07 bits per heavy atom. The van der Waals surface area contributed by atoms with Crippen molar-refractivity contribution in [2.75, 3.05) is 13.2 Å². The van der Waals surface area contributed by atoms with Crippen molar-refractivity contribution in [3.05, 3.63) is 34.9 Å². The number of likely N-dealkylation sites (tertiary alicyclic amines) is 1.